The number of nitrogens with one attached hydrogen (secondary N) is 1. The molecular formula is C14H19FN2O3S. The van der Waals surface area contributed by atoms with Gasteiger partial charge in [0.1, 0.15) is 0 Å². The molecule has 5 nitrogen and oxygen atoms in total. The smallest absolute Gasteiger partial charge is 0.178 e. The van der Waals surface area contributed by atoms with Crippen LogP contribution in [0.5, 0.6) is 5.75 Å². The van der Waals surface area contributed by atoms with Crippen LogP contribution in [0.15, 0.2) is 12.1 Å². The molecule has 116 valence electrons. The molecule has 1 heterocycles. The number of hydrogen-bond acceptors (Lipinski definition) is 4. The summed E-state index contributed by atoms with van der Waals surface area (Å²) >= 11 is 5.28. The maximum absolute atomic E-state index is 13.7. The topological polar surface area (TPSA) is 48.4 Å². The molecule has 1 N–H and O–H groups in total. The molecule has 0 spiro atoms. The molecule has 0 saturated carbocycles. The van der Waals surface area contributed by atoms with E-state index in [1.165, 1.54) is 13.2 Å². The first-order valence-electron chi connectivity index (χ1n) is 6.70. The van der Waals surface area contributed by atoms with Crippen LogP contribution in [0.25, 0.3) is 11.0 Å². The summed E-state index contributed by atoms with van der Waals surface area (Å²) in [6.07, 6.45) is 0.810. The number of aromatic amines is 1. The van der Waals surface area contributed by atoms with Crippen LogP contribution in [0.2, 0.25) is 0 Å². The van der Waals surface area contributed by atoms with Crippen molar-refractivity contribution in [2.24, 2.45) is 0 Å². The van der Waals surface area contributed by atoms with Crippen molar-refractivity contribution >= 4 is 23.3 Å². The molecule has 0 radical (unpaired) electrons. The Balaban J connectivity index is 2.08. The number of fused-ring (bicyclic) bond motifs is 1. The van der Waals surface area contributed by atoms with Gasteiger partial charge >= 0.3 is 0 Å². The number of imidazole rings is 1. The fourth-order valence-corrected chi connectivity index (χ4v) is 2.41. The Bertz CT molecular complexity index is 653. The number of methoxy groups -OCH3 is 2. The second-order valence-corrected chi connectivity index (χ2v) is 4.93. The first-order chi connectivity index (χ1) is 10.2. The minimum Gasteiger partial charge on any atom is -0.494 e. The van der Waals surface area contributed by atoms with E-state index in [0.29, 0.717) is 36.7 Å². The minimum atomic E-state index is -0.406. The van der Waals surface area contributed by atoms with Gasteiger partial charge in [0.15, 0.2) is 16.3 Å². The Kier molecular flexibility index (Phi) is 5.72. The van der Waals surface area contributed by atoms with Crippen molar-refractivity contribution in [2.45, 2.75) is 13.0 Å². The minimum absolute atomic E-state index is 0.210. The van der Waals surface area contributed by atoms with Gasteiger partial charge in [-0.15, -0.1) is 0 Å². The van der Waals surface area contributed by atoms with Crippen molar-refractivity contribution in [3.05, 3.63) is 22.7 Å². The third-order valence-corrected chi connectivity index (χ3v) is 3.47. The summed E-state index contributed by atoms with van der Waals surface area (Å²) in [5, 5.41) is 0. The van der Waals surface area contributed by atoms with Crippen LogP contribution in [0.1, 0.15) is 6.42 Å². The molecule has 1 aromatic carbocycles. The van der Waals surface area contributed by atoms with Gasteiger partial charge in [-0.05, 0) is 18.6 Å². The molecule has 2 aromatic rings. The molecule has 1 aromatic heterocycles. The average molecular weight is 314 g/mol. The molecule has 0 aliphatic rings. The molecule has 0 atom stereocenters. The van der Waals surface area contributed by atoms with E-state index in [1.807, 2.05) is 4.57 Å². The summed E-state index contributed by atoms with van der Waals surface area (Å²) in [6, 6.07) is 3.05. The van der Waals surface area contributed by atoms with Crippen LogP contribution in [-0.2, 0) is 16.0 Å². The molecule has 0 fully saturated rings. The van der Waals surface area contributed by atoms with Crippen molar-refractivity contribution in [1.29, 1.82) is 0 Å². The predicted octanol–water partition coefficient (Wildman–Crippen LogP) is 2.90. The summed E-state index contributed by atoms with van der Waals surface area (Å²) in [4.78, 5) is 3.00. The Morgan fingerprint density at radius 2 is 2.05 bits per heavy atom. The van der Waals surface area contributed by atoms with Gasteiger partial charge in [-0.3, -0.25) is 0 Å². The van der Waals surface area contributed by atoms with Gasteiger partial charge in [0, 0.05) is 32.4 Å². The molecule has 7 heteroatoms. The highest BCUT2D eigenvalue weighted by Crippen LogP contribution is 2.24. The Morgan fingerprint density at radius 1 is 1.24 bits per heavy atom. The number of ether oxygens (including phenoxy) is 3. The highest BCUT2D eigenvalue weighted by Gasteiger charge is 2.10. The number of hydrogen-bond donors (Lipinski definition) is 1. The predicted molar refractivity (Wildman–Crippen MR) is 80.9 cm³/mol. The van der Waals surface area contributed by atoms with E-state index < -0.39 is 5.82 Å². The summed E-state index contributed by atoms with van der Waals surface area (Å²) in [7, 11) is 3.08. The second-order valence-electron chi connectivity index (χ2n) is 4.54. The molecule has 0 aliphatic heterocycles. The van der Waals surface area contributed by atoms with Crippen LogP contribution in [0.3, 0.4) is 0 Å². The zero-order chi connectivity index (χ0) is 15.2. The van der Waals surface area contributed by atoms with Gasteiger partial charge in [-0.25, -0.2) is 4.39 Å². The number of benzene rings is 1. The van der Waals surface area contributed by atoms with Gasteiger partial charge in [-0.2, -0.15) is 0 Å². The van der Waals surface area contributed by atoms with Gasteiger partial charge in [0.25, 0.3) is 0 Å². The molecule has 2 rings (SSSR count). The van der Waals surface area contributed by atoms with Crippen molar-refractivity contribution in [2.75, 3.05) is 34.0 Å². The molecule has 0 bridgehead atoms. The Labute approximate surface area is 127 Å². The Hall–Kier alpha value is -1.44. The summed E-state index contributed by atoms with van der Waals surface area (Å²) < 4.78 is 31.5. The lowest BCUT2D eigenvalue weighted by atomic mass is 10.3. The number of aromatic nitrogens is 2. The van der Waals surface area contributed by atoms with Gasteiger partial charge < -0.3 is 23.8 Å². The van der Waals surface area contributed by atoms with E-state index in [9.17, 15) is 4.39 Å². The monoisotopic (exact) mass is 314 g/mol. The fraction of sp³-hybridized carbons (Fsp3) is 0.500. The first kappa shape index (κ1) is 15.9. The van der Waals surface area contributed by atoms with Gasteiger partial charge in [0.05, 0.1) is 31.4 Å². The van der Waals surface area contributed by atoms with Gasteiger partial charge in [0.2, 0.25) is 0 Å². The molecule has 0 amide bonds. The number of rotatable bonds is 8. The second kappa shape index (κ2) is 7.53. The molecule has 0 saturated heterocycles. The highest BCUT2D eigenvalue weighted by atomic mass is 32.1. The fourth-order valence-electron chi connectivity index (χ4n) is 2.11. The molecule has 0 aliphatic carbocycles. The molecule has 0 unspecified atom stereocenters. The zero-order valence-electron chi connectivity index (χ0n) is 12.1. The van der Waals surface area contributed by atoms with Crippen molar-refractivity contribution < 1.29 is 18.6 Å². The molecule has 21 heavy (non-hydrogen) atoms. The molecular weight excluding hydrogens is 295 g/mol. The largest absolute Gasteiger partial charge is 0.494 e. The third kappa shape index (κ3) is 3.81. The zero-order valence-corrected chi connectivity index (χ0v) is 13.0. The van der Waals surface area contributed by atoms with E-state index in [0.717, 1.165) is 11.9 Å². The number of halogens is 1. The average Bonchev–Trinajstić information content (AvgIpc) is 2.76. The lowest BCUT2D eigenvalue weighted by molar-refractivity contribution is 0.0681. The Morgan fingerprint density at radius 3 is 2.76 bits per heavy atom. The van der Waals surface area contributed by atoms with Crippen LogP contribution in [0, 0.1) is 10.6 Å². The first-order valence-corrected chi connectivity index (χ1v) is 7.11. The number of aryl methyl sites for hydroxylation is 1. The van der Waals surface area contributed by atoms with E-state index in [-0.39, 0.29) is 5.75 Å². The standard InChI is InChI=1S/C14H19FN2O3S/c1-18-6-7-20-5-3-4-17-12-9-13(19-2)10(15)8-11(12)16-14(17)21/h8-9H,3-7H2,1-2H3,(H,16,21). The van der Waals surface area contributed by atoms with Crippen molar-refractivity contribution in [3.63, 3.8) is 0 Å². The lowest BCUT2D eigenvalue weighted by Crippen LogP contribution is -2.06. The maximum Gasteiger partial charge on any atom is 0.178 e. The third-order valence-electron chi connectivity index (χ3n) is 3.15. The summed E-state index contributed by atoms with van der Waals surface area (Å²) in [5.41, 5.74) is 1.49. The van der Waals surface area contributed by atoms with Crippen LogP contribution < -0.4 is 4.74 Å². The van der Waals surface area contributed by atoms with Crippen molar-refractivity contribution in [1.82, 2.24) is 9.55 Å². The SMILES string of the molecule is COCCOCCCn1c(=S)[nH]c2cc(F)c(OC)cc21. The van der Waals surface area contributed by atoms with Crippen molar-refractivity contribution in [3.8, 4) is 5.75 Å². The van der Waals surface area contributed by atoms with E-state index >= 15 is 0 Å². The number of H-pyrrole nitrogens is 1. The summed E-state index contributed by atoms with van der Waals surface area (Å²) in [5.74, 6) is -0.196. The lowest BCUT2D eigenvalue weighted by Gasteiger charge is -2.07. The van der Waals surface area contributed by atoms with Crippen LogP contribution >= 0.6 is 12.2 Å². The van der Waals surface area contributed by atoms with E-state index in [2.05, 4.69) is 4.98 Å². The maximum atomic E-state index is 13.7. The van der Waals surface area contributed by atoms with Crippen LogP contribution in [0.4, 0.5) is 4.39 Å². The van der Waals surface area contributed by atoms with E-state index in [1.54, 1.807) is 13.2 Å². The highest BCUT2D eigenvalue weighted by molar-refractivity contribution is 7.71. The van der Waals surface area contributed by atoms with Crippen LogP contribution in [-0.4, -0.2) is 43.6 Å². The normalized spacial score (nSPS) is 11.2. The summed E-state index contributed by atoms with van der Waals surface area (Å²) in [6.45, 7) is 2.48. The number of nitrogens with zero attached hydrogens (tertiary/aromatic N) is 1. The van der Waals surface area contributed by atoms with Gasteiger partial charge in [-0.1, -0.05) is 0 Å². The van der Waals surface area contributed by atoms with E-state index in [4.69, 9.17) is 26.4 Å². The quantitative estimate of drug-likeness (QED) is 0.601.